The minimum absolute atomic E-state index is 0. The van der Waals surface area contributed by atoms with Crippen molar-refractivity contribution in [1.29, 1.82) is 0 Å². The van der Waals surface area contributed by atoms with E-state index in [1.807, 2.05) is 12.2 Å². The zero-order chi connectivity index (χ0) is 9.19. The fraction of sp³-hybridized carbons (Fsp3) is 0.385. The van der Waals surface area contributed by atoms with Crippen molar-refractivity contribution < 1.29 is 16.8 Å². The summed E-state index contributed by atoms with van der Waals surface area (Å²) in [5, 5.41) is 0. The molecule has 0 fully saturated rings. The molecule has 0 bridgehead atoms. The van der Waals surface area contributed by atoms with Gasteiger partial charge in [-0.15, -0.1) is 6.42 Å². The maximum absolute atomic E-state index is 2.99. The van der Waals surface area contributed by atoms with E-state index < -0.39 is 0 Å². The molecule has 0 N–H and O–H groups in total. The van der Waals surface area contributed by atoms with E-state index in [0.717, 1.165) is 6.42 Å². The molecule has 0 aliphatic heterocycles. The van der Waals surface area contributed by atoms with E-state index in [-0.39, 0.29) is 16.8 Å². The first-order chi connectivity index (χ1) is 6.50. The molecule has 0 amide bonds. The Morgan fingerprint density at radius 2 is 1.21 bits per heavy atom. The Morgan fingerprint density at radius 3 is 1.43 bits per heavy atom. The molecule has 1 heteroatoms. The van der Waals surface area contributed by atoms with Gasteiger partial charge in [0.25, 0.3) is 0 Å². The molecule has 0 aromatic heterocycles. The summed E-state index contributed by atoms with van der Waals surface area (Å²) in [5.41, 5.74) is 0. The van der Waals surface area contributed by atoms with Crippen molar-refractivity contribution in [3.05, 3.63) is 48.6 Å². The Kier molecular flexibility index (Phi) is 10.1. The van der Waals surface area contributed by atoms with Crippen LogP contribution in [0.15, 0.2) is 42.5 Å². The fourth-order valence-electron chi connectivity index (χ4n) is 1.20. The molecule has 0 spiro atoms. The summed E-state index contributed by atoms with van der Waals surface area (Å²) in [6.07, 6.45) is 24.0. The third kappa shape index (κ3) is 8.08. The summed E-state index contributed by atoms with van der Waals surface area (Å²) in [7, 11) is 0. The van der Waals surface area contributed by atoms with Gasteiger partial charge >= 0.3 is 0 Å². The summed E-state index contributed by atoms with van der Waals surface area (Å²) in [5.74, 6) is 0. The number of allylic oxidation sites excluding steroid dienone is 8. The maximum Gasteiger partial charge on any atom is 0 e. The van der Waals surface area contributed by atoms with Gasteiger partial charge in [-0.05, 0) is 25.7 Å². The average Bonchev–Trinajstić information content (AvgIpc) is 2.58. The van der Waals surface area contributed by atoms with Crippen molar-refractivity contribution in [3.8, 4) is 0 Å². The van der Waals surface area contributed by atoms with E-state index in [0.29, 0.717) is 0 Å². The van der Waals surface area contributed by atoms with E-state index in [1.165, 1.54) is 25.7 Å². The van der Waals surface area contributed by atoms with Gasteiger partial charge in [-0.25, -0.2) is 12.2 Å². The van der Waals surface area contributed by atoms with Crippen LogP contribution in [0.25, 0.3) is 0 Å². The Balaban J connectivity index is 0.000000246. The van der Waals surface area contributed by atoms with Crippen molar-refractivity contribution in [3.63, 3.8) is 0 Å². The predicted octanol–water partition coefficient (Wildman–Crippen LogP) is 3.98. The van der Waals surface area contributed by atoms with Crippen LogP contribution < -0.4 is 0 Å². The molecule has 0 saturated carbocycles. The zero-order valence-electron chi connectivity index (χ0n) is 8.41. The van der Waals surface area contributed by atoms with Crippen LogP contribution in [0.5, 0.6) is 0 Å². The van der Waals surface area contributed by atoms with Crippen molar-refractivity contribution in [2.75, 3.05) is 0 Å². The normalized spacial score (nSPS) is 17.7. The second-order valence-electron chi connectivity index (χ2n) is 3.10. The molecule has 2 aliphatic carbocycles. The van der Waals surface area contributed by atoms with Crippen molar-refractivity contribution >= 4 is 0 Å². The van der Waals surface area contributed by atoms with E-state index in [4.69, 9.17) is 0 Å². The van der Waals surface area contributed by atoms with Crippen LogP contribution in [-0.2, 0) is 16.8 Å². The second kappa shape index (κ2) is 10.5. The predicted molar refractivity (Wildman–Crippen MR) is 58.3 cm³/mol. The molecule has 0 aromatic carbocycles. The Morgan fingerprint density at radius 1 is 0.714 bits per heavy atom. The Hall–Kier alpha value is -0.534. The van der Waals surface area contributed by atoms with Gasteiger partial charge in [0.05, 0.1) is 0 Å². The summed E-state index contributed by atoms with van der Waals surface area (Å²) < 4.78 is 0. The SMILES string of the molecule is C1=CCCC=CCC1.[C-]1=CC=CC1.[Co]. The molecule has 0 saturated heterocycles. The van der Waals surface area contributed by atoms with Crippen LogP contribution in [0.3, 0.4) is 0 Å². The van der Waals surface area contributed by atoms with Gasteiger partial charge < -0.3 is 0 Å². The third-order valence-electron chi connectivity index (χ3n) is 1.92. The molecule has 14 heavy (non-hydrogen) atoms. The minimum atomic E-state index is 0. The molecule has 0 atom stereocenters. The van der Waals surface area contributed by atoms with Gasteiger partial charge in [-0.3, -0.25) is 6.08 Å². The first-order valence-corrected chi connectivity index (χ1v) is 5.02. The summed E-state index contributed by atoms with van der Waals surface area (Å²) in [4.78, 5) is 0. The van der Waals surface area contributed by atoms with Crippen molar-refractivity contribution in [1.82, 2.24) is 0 Å². The van der Waals surface area contributed by atoms with Gasteiger partial charge in [0.1, 0.15) is 0 Å². The molecule has 2 rings (SSSR count). The summed E-state index contributed by atoms with van der Waals surface area (Å²) in [6.45, 7) is 0. The molecule has 0 unspecified atom stereocenters. The molecule has 0 nitrogen and oxygen atoms in total. The summed E-state index contributed by atoms with van der Waals surface area (Å²) >= 11 is 0. The molecule has 2 aliphatic rings. The average molecular weight is 232 g/mol. The topological polar surface area (TPSA) is 0 Å². The Labute approximate surface area is 97.7 Å². The number of rotatable bonds is 0. The van der Waals surface area contributed by atoms with Crippen LogP contribution >= 0.6 is 0 Å². The quantitative estimate of drug-likeness (QED) is 0.438. The molecule has 0 heterocycles. The second-order valence-corrected chi connectivity index (χ2v) is 3.10. The van der Waals surface area contributed by atoms with Crippen molar-refractivity contribution in [2.24, 2.45) is 0 Å². The number of hydrogen-bond acceptors (Lipinski definition) is 0. The van der Waals surface area contributed by atoms with Crippen LogP contribution in [-0.4, -0.2) is 0 Å². The first kappa shape index (κ1) is 13.5. The maximum atomic E-state index is 2.99. The van der Waals surface area contributed by atoms with Crippen LogP contribution in [0.2, 0.25) is 0 Å². The number of hydrogen-bond donors (Lipinski definition) is 0. The van der Waals surface area contributed by atoms with Gasteiger partial charge in [0.15, 0.2) is 0 Å². The standard InChI is InChI=1S/C8H12.C5H5.Co/c1-2-4-6-8-7-5-3-1;1-2-4-5-3-1;/h1-2,7-8H,3-6H2;1-3H,4H2;/q;-1;. The van der Waals surface area contributed by atoms with Crippen molar-refractivity contribution in [2.45, 2.75) is 32.1 Å². The van der Waals surface area contributed by atoms with Crippen LogP contribution in [0.1, 0.15) is 32.1 Å². The minimum Gasteiger partial charge on any atom is -0.273 e. The fourth-order valence-corrected chi connectivity index (χ4v) is 1.20. The van der Waals surface area contributed by atoms with Crippen LogP contribution in [0, 0.1) is 6.08 Å². The largest absolute Gasteiger partial charge is 0.273 e. The third-order valence-corrected chi connectivity index (χ3v) is 1.92. The van der Waals surface area contributed by atoms with Crippen LogP contribution in [0.4, 0.5) is 0 Å². The monoisotopic (exact) mass is 232 g/mol. The molecular weight excluding hydrogens is 215 g/mol. The van der Waals surface area contributed by atoms with E-state index in [1.54, 1.807) is 0 Å². The van der Waals surface area contributed by atoms with E-state index in [2.05, 4.69) is 36.5 Å². The van der Waals surface area contributed by atoms with Gasteiger partial charge in [0, 0.05) is 16.8 Å². The first-order valence-electron chi connectivity index (χ1n) is 5.02. The van der Waals surface area contributed by atoms with Gasteiger partial charge in [-0.2, -0.15) is 6.08 Å². The van der Waals surface area contributed by atoms with Gasteiger partial charge in [0.2, 0.25) is 0 Å². The van der Waals surface area contributed by atoms with Gasteiger partial charge in [-0.1, -0.05) is 24.3 Å². The summed E-state index contributed by atoms with van der Waals surface area (Å²) in [6, 6.07) is 0. The molecule has 1 radical (unpaired) electrons. The molecule has 79 valence electrons. The Bertz CT molecular complexity index is 185. The molecular formula is C13H17Co-. The van der Waals surface area contributed by atoms with E-state index in [9.17, 15) is 0 Å². The zero-order valence-corrected chi connectivity index (χ0v) is 9.45. The van der Waals surface area contributed by atoms with E-state index >= 15 is 0 Å². The molecule has 0 aromatic rings. The smallest absolute Gasteiger partial charge is 0 e.